The smallest absolute Gasteiger partial charge is 0.367 e. The number of piperazine rings is 1. The van der Waals surface area contributed by atoms with E-state index in [0.29, 0.717) is 28.1 Å². The first-order chi connectivity index (χ1) is 20.7. The van der Waals surface area contributed by atoms with Crippen LogP contribution in [0.5, 0.6) is 0 Å². The van der Waals surface area contributed by atoms with Crippen molar-refractivity contribution in [3.8, 4) is 6.07 Å². The molecule has 0 spiro atoms. The molecule has 4 aromatic rings. The lowest BCUT2D eigenvalue weighted by Crippen LogP contribution is -2.44. The fourth-order valence-electron chi connectivity index (χ4n) is 7.15. The van der Waals surface area contributed by atoms with Gasteiger partial charge < -0.3 is 15.2 Å². The van der Waals surface area contributed by atoms with Crippen LogP contribution in [0.2, 0.25) is 0 Å². The van der Waals surface area contributed by atoms with Crippen molar-refractivity contribution in [3.05, 3.63) is 52.3 Å². The summed E-state index contributed by atoms with van der Waals surface area (Å²) >= 11 is 1.08. The van der Waals surface area contributed by atoms with Gasteiger partial charge in [0.2, 0.25) is 0 Å². The number of hydrogen-bond donors (Lipinski definition) is 2. The van der Waals surface area contributed by atoms with E-state index in [9.17, 15) is 18.4 Å². The number of nitrogens with zero attached hydrogens (tertiary/aromatic N) is 6. The second-order valence-corrected chi connectivity index (χ2v) is 13.3. The zero-order chi connectivity index (χ0) is 29.7. The molecule has 8 nitrogen and oxygen atoms in total. The molecule has 1 aromatic carbocycles. The van der Waals surface area contributed by atoms with Crippen molar-refractivity contribution >= 4 is 38.3 Å². The Morgan fingerprint density at radius 1 is 1.14 bits per heavy atom. The first kappa shape index (κ1) is 28.5. The minimum absolute atomic E-state index is 0.192. The Labute approximate surface area is 252 Å². The summed E-state index contributed by atoms with van der Waals surface area (Å²) in [7, 11) is 0. The molecule has 3 fully saturated rings. The van der Waals surface area contributed by atoms with Crippen LogP contribution in [0.25, 0.3) is 21.1 Å². The molecule has 0 amide bonds. The third-order valence-corrected chi connectivity index (χ3v) is 10.5. The highest BCUT2D eigenvalue weighted by molar-refractivity contribution is 7.18. The quantitative estimate of drug-likeness (QED) is 0.290. The van der Waals surface area contributed by atoms with Crippen molar-refractivity contribution in [2.75, 3.05) is 38.0 Å². The first-order valence-corrected chi connectivity index (χ1v) is 15.8. The van der Waals surface area contributed by atoms with E-state index in [1.807, 2.05) is 0 Å². The summed E-state index contributed by atoms with van der Waals surface area (Å²) in [6, 6.07) is 11.9. The molecule has 43 heavy (non-hydrogen) atoms. The van der Waals surface area contributed by atoms with E-state index < -0.39 is 12.6 Å². The van der Waals surface area contributed by atoms with Gasteiger partial charge in [0, 0.05) is 79.7 Å². The fourth-order valence-corrected chi connectivity index (χ4v) is 8.18. The molecule has 0 aliphatic carbocycles. The molecule has 3 aliphatic heterocycles. The number of thiophene rings is 1. The van der Waals surface area contributed by atoms with Gasteiger partial charge in [0.1, 0.15) is 28.7 Å². The lowest BCUT2D eigenvalue weighted by Gasteiger charge is -2.33. The minimum atomic E-state index is -4.25. The number of rotatable bonds is 8. The monoisotopic (exact) mass is 608 g/mol. The Hall–Kier alpha value is -3.24. The number of nitrogens with one attached hydrogen (secondary N) is 2. The summed E-state index contributed by atoms with van der Waals surface area (Å²) < 4.78 is 40.9. The Morgan fingerprint density at radius 2 is 1.98 bits per heavy atom. The second kappa shape index (κ2) is 11.4. The molecule has 3 aliphatic rings. The fraction of sp³-hybridized carbons (Fsp3) is 0.516. The molecular weight excluding hydrogens is 573 g/mol. The van der Waals surface area contributed by atoms with Gasteiger partial charge in [-0.25, -0.2) is 9.97 Å². The Balaban J connectivity index is 0.988. The Bertz CT molecular complexity index is 1680. The zero-order valence-electron chi connectivity index (χ0n) is 24.1. The first-order valence-electron chi connectivity index (χ1n) is 15.0. The molecule has 12 heteroatoms. The maximum atomic E-state index is 12.9. The molecule has 2 unspecified atom stereocenters. The number of likely N-dealkylation sites (tertiary alicyclic amines) is 2. The minimum Gasteiger partial charge on any atom is -0.367 e. The van der Waals surface area contributed by atoms with E-state index in [1.54, 1.807) is 6.07 Å². The maximum absolute atomic E-state index is 12.9. The molecule has 7 rings (SSSR count). The third-order valence-electron chi connectivity index (χ3n) is 9.44. The van der Waals surface area contributed by atoms with Crippen LogP contribution in [-0.2, 0) is 19.5 Å². The van der Waals surface area contributed by atoms with E-state index in [-0.39, 0.29) is 10.9 Å². The number of piperidine rings is 1. The predicted octanol–water partition coefficient (Wildman–Crippen LogP) is 5.05. The van der Waals surface area contributed by atoms with Crippen LogP contribution in [0, 0.1) is 18.3 Å². The number of benzene rings is 1. The highest BCUT2D eigenvalue weighted by atomic mass is 32.1. The number of anilines is 1. The van der Waals surface area contributed by atoms with Gasteiger partial charge in [-0.05, 0) is 55.5 Å². The number of hydrogen-bond acceptors (Lipinski definition) is 8. The summed E-state index contributed by atoms with van der Waals surface area (Å²) in [5.74, 6) is 0.612. The van der Waals surface area contributed by atoms with Crippen molar-refractivity contribution in [2.24, 2.45) is 0 Å². The lowest BCUT2D eigenvalue weighted by molar-refractivity contribution is -0.126. The van der Waals surface area contributed by atoms with Crippen molar-refractivity contribution in [1.29, 1.82) is 5.26 Å². The molecule has 2 N–H and O–H groups in total. The molecule has 0 saturated carbocycles. The van der Waals surface area contributed by atoms with Gasteiger partial charge in [0.15, 0.2) is 0 Å². The molecular formula is C31H35F3N8S. The van der Waals surface area contributed by atoms with E-state index in [1.165, 1.54) is 23.9 Å². The van der Waals surface area contributed by atoms with E-state index in [0.717, 1.165) is 86.6 Å². The van der Waals surface area contributed by atoms with Gasteiger partial charge in [-0.15, -0.1) is 11.3 Å². The summed E-state index contributed by atoms with van der Waals surface area (Å²) in [6.45, 7) is 8.78. The van der Waals surface area contributed by atoms with Crippen LogP contribution >= 0.6 is 11.3 Å². The lowest BCUT2D eigenvalue weighted by atomic mass is 10.0. The number of nitriles is 1. The zero-order valence-corrected chi connectivity index (χ0v) is 24.9. The van der Waals surface area contributed by atoms with Gasteiger partial charge in [0.25, 0.3) is 0 Å². The molecule has 2 atom stereocenters. The molecule has 0 radical (unpaired) electrons. The van der Waals surface area contributed by atoms with Gasteiger partial charge in [-0.2, -0.15) is 18.4 Å². The summed E-state index contributed by atoms with van der Waals surface area (Å²) in [5.41, 5.74) is 4.36. The summed E-state index contributed by atoms with van der Waals surface area (Å²) in [5, 5.41) is 18.8. The molecule has 2 bridgehead atoms. The van der Waals surface area contributed by atoms with Crippen molar-refractivity contribution in [2.45, 2.75) is 70.0 Å². The largest absolute Gasteiger partial charge is 0.393 e. The topological polar surface area (TPSA) is 85.0 Å². The van der Waals surface area contributed by atoms with E-state index in [2.05, 4.69) is 66.2 Å². The number of alkyl halides is 3. The summed E-state index contributed by atoms with van der Waals surface area (Å²) in [6.07, 6.45) is -0.713. The number of halogens is 3. The Morgan fingerprint density at radius 3 is 2.70 bits per heavy atom. The van der Waals surface area contributed by atoms with Crippen LogP contribution in [0.1, 0.15) is 41.0 Å². The highest BCUT2D eigenvalue weighted by Crippen LogP contribution is 2.34. The summed E-state index contributed by atoms with van der Waals surface area (Å²) in [4.78, 5) is 14.4. The van der Waals surface area contributed by atoms with Crippen LogP contribution in [0.3, 0.4) is 0 Å². The van der Waals surface area contributed by atoms with Gasteiger partial charge in [-0.1, -0.05) is 6.07 Å². The normalized spacial score (nSPS) is 21.7. The van der Waals surface area contributed by atoms with Crippen LogP contribution in [-0.4, -0.2) is 81.4 Å². The van der Waals surface area contributed by atoms with Crippen molar-refractivity contribution in [1.82, 2.24) is 29.7 Å². The molecule has 3 aromatic heterocycles. The van der Waals surface area contributed by atoms with Gasteiger partial charge in [-0.3, -0.25) is 9.80 Å². The molecule has 3 saturated heterocycles. The van der Waals surface area contributed by atoms with Gasteiger partial charge in [0.05, 0.1) is 11.8 Å². The average molecular weight is 609 g/mol. The second-order valence-electron chi connectivity index (χ2n) is 12.2. The van der Waals surface area contributed by atoms with Crippen molar-refractivity contribution in [3.63, 3.8) is 0 Å². The molecule has 226 valence electrons. The van der Waals surface area contributed by atoms with Crippen LogP contribution in [0.15, 0.2) is 30.6 Å². The van der Waals surface area contributed by atoms with Crippen LogP contribution < -0.4 is 10.6 Å². The van der Waals surface area contributed by atoms with Crippen molar-refractivity contribution < 1.29 is 13.2 Å². The number of fused-ring (bicyclic) bond motifs is 4. The molecule has 6 heterocycles. The number of aromatic nitrogens is 3. The van der Waals surface area contributed by atoms with Crippen LogP contribution in [0.4, 0.5) is 19.0 Å². The van der Waals surface area contributed by atoms with E-state index >= 15 is 0 Å². The SMILES string of the molecule is Cc1c(CN2CCC(Nc3ncnc4sc(CC(F)(F)F)cc34)CC2)ccc2c1cc(C#N)n2CCN1CC2CC1CN2. The highest BCUT2D eigenvalue weighted by Gasteiger charge is 2.37. The van der Waals surface area contributed by atoms with E-state index in [4.69, 9.17) is 0 Å². The standard InChI is InChI=1S/C31H35F3N8S/c1-19-20(2-3-28-26(19)11-23(14-35)42(28)9-8-41-17-22-10-24(41)15-36-22)16-40-6-4-21(5-7-40)39-29-27-12-25(13-31(32,33)34)43-30(27)38-18-37-29/h2-3,11-12,18,21-22,24,36H,4-10,13,15-17H2,1H3,(H,37,38,39). The third kappa shape index (κ3) is 5.83. The Kier molecular flexibility index (Phi) is 7.53. The predicted molar refractivity (Wildman–Crippen MR) is 162 cm³/mol. The maximum Gasteiger partial charge on any atom is 0.393 e. The number of aryl methyl sites for hydroxylation is 1. The average Bonchev–Trinajstić information content (AvgIpc) is 3.76. The van der Waals surface area contributed by atoms with Gasteiger partial charge >= 0.3 is 6.18 Å².